The average Bonchev–Trinajstić information content (AvgIpc) is 4.27. The Balaban J connectivity index is 0.831. The lowest BCUT2D eigenvalue weighted by molar-refractivity contribution is 0.457. The average molecular weight is 973 g/mol. The summed E-state index contributed by atoms with van der Waals surface area (Å²) < 4.78 is 46.3. The van der Waals surface area contributed by atoms with Crippen LogP contribution in [0.15, 0.2) is 215 Å². The van der Waals surface area contributed by atoms with Crippen LogP contribution in [0.3, 0.4) is 0 Å². The van der Waals surface area contributed by atoms with E-state index >= 15 is 0 Å². The molecular weight excluding hydrogens is 938 g/mol. The van der Waals surface area contributed by atoms with Gasteiger partial charge in [-0.15, -0.1) is 0 Å². The molecule has 350 valence electrons. The minimum absolute atomic E-state index is 0.209. The summed E-state index contributed by atoms with van der Waals surface area (Å²) in [5.74, 6) is 6.16. The van der Waals surface area contributed by atoms with E-state index < -0.39 is 0 Å². The first-order valence-electron chi connectivity index (χ1n) is 25.8. The second-order valence-corrected chi connectivity index (χ2v) is 20.6. The molecule has 0 fully saturated rings. The van der Waals surface area contributed by atoms with Gasteiger partial charge in [-0.05, 0) is 94.6 Å². The number of aromatic nitrogens is 2. The largest absolute Gasteiger partial charge is 0.458 e. The molecule has 0 N–H and O–H groups in total. The van der Waals surface area contributed by atoms with Gasteiger partial charge in [-0.2, -0.15) is 0 Å². The predicted molar refractivity (Wildman–Crippen MR) is 305 cm³/mol. The van der Waals surface area contributed by atoms with Crippen molar-refractivity contribution in [2.24, 2.45) is 0 Å². The first kappa shape index (κ1) is 39.5. The Hall–Kier alpha value is -10.1. The molecule has 0 saturated carbocycles. The van der Waals surface area contributed by atoms with Gasteiger partial charge in [0.1, 0.15) is 68.3 Å². The normalized spacial score (nSPS) is 13.6. The number of nitrogens with zero attached hydrogens (tertiary/aromatic N) is 2. The number of para-hydroxylation sites is 6. The third-order valence-electron chi connectivity index (χ3n) is 16.7. The molecule has 0 aliphatic carbocycles. The van der Waals surface area contributed by atoms with Crippen LogP contribution in [0.2, 0.25) is 0 Å². The Bertz CT molecular complexity index is 4850. The van der Waals surface area contributed by atoms with Gasteiger partial charge in [-0.3, -0.25) is 0 Å². The van der Waals surface area contributed by atoms with Crippen molar-refractivity contribution in [2.45, 2.75) is 0 Å². The fourth-order valence-electron chi connectivity index (χ4n) is 13.7. The molecule has 8 heterocycles. The van der Waals surface area contributed by atoms with Gasteiger partial charge in [0.15, 0.2) is 0 Å². The van der Waals surface area contributed by atoms with Crippen molar-refractivity contribution in [3.8, 4) is 57.4 Å². The van der Waals surface area contributed by atoms with Crippen LogP contribution < -0.4 is 51.7 Å². The second-order valence-electron chi connectivity index (χ2n) is 20.6. The van der Waals surface area contributed by atoms with Crippen LogP contribution in [0.4, 0.5) is 0 Å². The molecule has 10 heteroatoms. The molecule has 19 rings (SSSR count). The van der Waals surface area contributed by atoms with E-state index in [-0.39, 0.29) is 13.4 Å². The highest BCUT2D eigenvalue weighted by molar-refractivity contribution is 7.00. The molecule has 11 aromatic carbocycles. The van der Waals surface area contributed by atoms with Crippen molar-refractivity contribution >= 4 is 134 Å². The number of benzene rings is 11. The molecule has 0 radical (unpaired) electrons. The summed E-state index contributed by atoms with van der Waals surface area (Å²) in [4.78, 5) is 0. The fraction of sp³-hybridized carbons (Fsp3) is 0. The lowest BCUT2D eigenvalue weighted by Gasteiger charge is -2.37. The third-order valence-corrected chi connectivity index (χ3v) is 16.7. The molecule has 0 spiro atoms. The highest BCUT2D eigenvalue weighted by Crippen LogP contribution is 2.47. The van der Waals surface area contributed by atoms with E-state index in [0.29, 0.717) is 0 Å². The number of rotatable bonds is 2. The van der Waals surface area contributed by atoms with E-state index in [1.54, 1.807) is 0 Å². The van der Waals surface area contributed by atoms with E-state index in [0.717, 1.165) is 178 Å². The molecule has 15 aromatic rings. The second kappa shape index (κ2) is 14.0. The van der Waals surface area contributed by atoms with E-state index in [9.17, 15) is 0 Å². The Kier molecular flexibility index (Phi) is 7.25. The first-order chi connectivity index (χ1) is 37.7. The first-order valence-corrected chi connectivity index (χ1v) is 25.8. The summed E-state index contributed by atoms with van der Waals surface area (Å²) in [6.45, 7) is -0.418. The van der Waals surface area contributed by atoms with E-state index in [2.05, 4.69) is 179 Å². The lowest BCUT2D eigenvalue weighted by Crippen LogP contribution is -2.60. The van der Waals surface area contributed by atoms with Crippen molar-refractivity contribution in [2.75, 3.05) is 0 Å². The molecule has 76 heavy (non-hydrogen) atoms. The minimum Gasteiger partial charge on any atom is -0.458 e. The van der Waals surface area contributed by atoms with Gasteiger partial charge in [-0.1, -0.05) is 109 Å². The van der Waals surface area contributed by atoms with Crippen molar-refractivity contribution < 1.29 is 27.8 Å². The SMILES string of the molecule is c1ccc2c(c1)Oc1cc(-n3c4ccccc4c4ccc5oc6ccccc6c5c43)cc3c1B2c1cc2c(cc1O3)B1c3ccccc3Oc3cc(-n4c5ccccc5c5ccc6oc7ccccc7c6c54)cc(c31)O2. The molecular formula is C66H34B2N2O6. The molecule has 0 saturated heterocycles. The number of furan rings is 2. The quantitative estimate of drug-likeness (QED) is 0.161. The predicted octanol–water partition coefficient (Wildman–Crippen LogP) is 13.1. The Morgan fingerprint density at radius 3 is 1.12 bits per heavy atom. The molecule has 0 amide bonds. The summed E-state index contributed by atoms with van der Waals surface area (Å²) in [7, 11) is 0. The van der Waals surface area contributed by atoms with Crippen LogP contribution in [0.25, 0.3) is 98.9 Å². The number of hydrogen-bond donors (Lipinski definition) is 0. The smallest absolute Gasteiger partial charge is 0.260 e. The van der Waals surface area contributed by atoms with Crippen LogP contribution in [0.1, 0.15) is 0 Å². The summed E-state index contributed by atoms with van der Waals surface area (Å²) >= 11 is 0. The summed E-state index contributed by atoms with van der Waals surface area (Å²) in [5, 5.41) is 8.87. The van der Waals surface area contributed by atoms with Gasteiger partial charge < -0.3 is 36.9 Å². The van der Waals surface area contributed by atoms with Gasteiger partial charge in [0.25, 0.3) is 13.4 Å². The monoisotopic (exact) mass is 972 g/mol. The molecule has 4 aliphatic heterocycles. The lowest BCUT2D eigenvalue weighted by atomic mass is 9.32. The van der Waals surface area contributed by atoms with Crippen molar-refractivity contribution in [1.29, 1.82) is 0 Å². The maximum Gasteiger partial charge on any atom is 0.260 e. The summed E-state index contributed by atoms with van der Waals surface area (Å²) in [6.07, 6.45) is 0. The topological polar surface area (TPSA) is 73.1 Å². The standard InChI is InChI=1S/C66H34B2N2O6/c1-7-19-47-37(13-1)39-25-27-53-61(41-15-3-9-21-49(41)71-53)65(39)69(47)35-29-57-63-59(31-35)75-55-33-46-56(34-45(55)67(63)43-17-5-11-23-51(43)73-57)76-60-32-36(30-58-64(60)68(46)44-18-6-12-24-52(44)74-58)70-48-20-8-2-14-38(48)40-26-28-54-62(66(40)70)42-16-4-10-22-50(42)72-54/h1-34H. The minimum atomic E-state index is -0.209. The van der Waals surface area contributed by atoms with Gasteiger partial charge in [-0.25, -0.2) is 0 Å². The van der Waals surface area contributed by atoms with Crippen LogP contribution in [0, 0.1) is 0 Å². The molecule has 4 aromatic heterocycles. The molecule has 0 unspecified atom stereocenters. The van der Waals surface area contributed by atoms with Crippen LogP contribution in [0.5, 0.6) is 46.0 Å². The number of hydrogen-bond acceptors (Lipinski definition) is 6. The van der Waals surface area contributed by atoms with E-state index in [4.69, 9.17) is 27.8 Å². The van der Waals surface area contributed by atoms with Crippen LogP contribution in [-0.4, -0.2) is 22.6 Å². The highest BCUT2D eigenvalue weighted by atomic mass is 16.5. The van der Waals surface area contributed by atoms with E-state index in [1.165, 1.54) is 0 Å². The number of ether oxygens (including phenoxy) is 4. The maximum absolute atomic E-state index is 7.33. The third kappa shape index (κ3) is 4.96. The Labute approximate surface area is 432 Å². The van der Waals surface area contributed by atoms with Gasteiger partial charge in [0, 0.05) is 67.5 Å². The molecule has 0 bridgehead atoms. The van der Waals surface area contributed by atoms with Gasteiger partial charge in [0.2, 0.25) is 0 Å². The van der Waals surface area contributed by atoms with E-state index in [1.807, 2.05) is 36.4 Å². The van der Waals surface area contributed by atoms with Gasteiger partial charge in [0.05, 0.1) is 44.2 Å². The molecule has 0 atom stereocenters. The van der Waals surface area contributed by atoms with Crippen molar-refractivity contribution in [3.05, 3.63) is 206 Å². The highest BCUT2D eigenvalue weighted by Gasteiger charge is 2.45. The maximum atomic E-state index is 7.33. The Morgan fingerprint density at radius 1 is 0.276 bits per heavy atom. The fourth-order valence-corrected chi connectivity index (χ4v) is 13.7. The number of fused-ring (bicyclic) bond motifs is 22. The van der Waals surface area contributed by atoms with Crippen LogP contribution in [-0.2, 0) is 0 Å². The van der Waals surface area contributed by atoms with Crippen LogP contribution >= 0.6 is 0 Å². The summed E-state index contributed by atoms with van der Waals surface area (Å²) in [5.41, 5.74) is 15.7. The zero-order valence-electron chi connectivity index (χ0n) is 40.1. The Morgan fingerprint density at radius 2 is 0.658 bits per heavy atom. The van der Waals surface area contributed by atoms with Crippen molar-refractivity contribution in [3.63, 3.8) is 0 Å². The molecule has 8 nitrogen and oxygen atoms in total. The zero-order valence-corrected chi connectivity index (χ0v) is 40.1. The molecule has 4 aliphatic rings. The van der Waals surface area contributed by atoms with Gasteiger partial charge >= 0.3 is 0 Å². The zero-order chi connectivity index (χ0) is 49.1. The summed E-state index contributed by atoms with van der Waals surface area (Å²) in [6, 6.07) is 72.4. The van der Waals surface area contributed by atoms with Crippen molar-refractivity contribution in [1.82, 2.24) is 9.13 Å².